The summed E-state index contributed by atoms with van der Waals surface area (Å²) in [6, 6.07) is 3.36. The zero-order valence-electron chi connectivity index (χ0n) is 10.4. The van der Waals surface area contributed by atoms with E-state index in [2.05, 4.69) is 10.5 Å². The first-order valence-electron chi connectivity index (χ1n) is 5.73. The summed E-state index contributed by atoms with van der Waals surface area (Å²) >= 11 is 1.88. The Morgan fingerprint density at radius 3 is 2.84 bits per heavy atom. The number of carbonyl (C=O) groups is 1. The molecular weight excluding hydrogens is 364 g/mol. The van der Waals surface area contributed by atoms with Gasteiger partial charge in [0.25, 0.3) is 5.91 Å². The second kappa shape index (κ2) is 7.27. The first kappa shape index (κ1) is 15.7. The Balaban J connectivity index is 2.87. The van der Waals surface area contributed by atoms with Crippen molar-refractivity contribution in [1.29, 1.82) is 0 Å². The van der Waals surface area contributed by atoms with Crippen LogP contribution in [0.25, 0.3) is 0 Å². The van der Waals surface area contributed by atoms with Crippen molar-refractivity contribution < 1.29 is 14.4 Å². The highest BCUT2D eigenvalue weighted by molar-refractivity contribution is 14.1. The molecular formula is C12H15FIN3O2. The van der Waals surface area contributed by atoms with Gasteiger partial charge in [-0.3, -0.25) is 4.79 Å². The molecule has 0 radical (unpaired) electrons. The van der Waals surface area contributed by atoms with Gasteiger partial charge in [-0.1, -0.05) is 18.5 Å². The minimum Gasteiger partial charge on any atom is -0.409 e. The van der Waals surface area contributed by atoms with Gasteiger partial charge in [0, 0.05) is 3.57 Å². The predicted molar refractivity (Wildman–Crippen MR) is 78.7 cm³/mol. The van der Waals surface area contributed by atoms with Crippen molar-refractivity contribution in [2.24, 2.45) is 10.9 Å². The first-order chi connectivity index (χ1) is 8.99. The highest BCUT2D eigenvalue weighted by atomic mass is 127. The maximum absolute atomic E-state index is 13.0. The Morgan fingerprint density at radius 2 is 2.32 bits per heavy atom. The van der Waals surface area contributed by atoms with Crippen LogP contribution in [-0.4, -0.2) is 23.0 Å². The van der Waals surface area contributed by atoms with Crippen LogP contribution >= 0.6 is 22.6 Å². The van der Waals surface area contributed by atoms with E-state index in [1.807, 2.05) is 29.5 Å². The Kier molecular flexibility index (Phi) is 6.00. The molecule has 0 aliphatic carbocycles. The van der Waals surface area contributed by atoms with Crippen molar-refractivity contribution in [1.82, 2.24) is 5.32 Å². The number of benzene rings is 1. The van der Waals surface area contributed by atoms with Crippen molar-refractivity contribution >= 4 is 34.3 Å². The Hall–Kier alpha value is -1.38. The summed E-state index contributed by atoms with van der Waals surface area (Å²) in [7, 11) is 0. The monoisotopic (exact) mass is 379 g/mol. The van der Waals surface area contributed by atoms with E-state index in [0.29, 0.717) is 15.6 Å². The lowest BCUT2D eigenvalue weighted by Crippen LogP contribution is -2.44. The lowest BCUT2D eigenvalue weighted by Gasteiger charge is -2.17. The van der Waals surface area contributed by atoms with Gasteiger partial charge in [0.15, 0.2) is 5.84 Å². The largest absolute Gasteiger partial charge is 0.409 e. The fraction of sp³-hybridized carbons (Fsp3) is 0.333. The van der Waals surface area contributed by atoms with E-state index in [1.165, 1.54) is 18.2 Å². The molecule has 0 heterocycles. The quantitative estimate of drug-likeness (QED) is 0.241. The summed E-state index contributed by atoms with van der Waals surface area (Å²) in [5, 5.41) is 14.2. The number of rotatable bonds is 5. The molecule has 1 aromatic carbocycles. The number of nitrogens with one attached hydrogen (secondary N) is 1. The molecule has 1 rings (SSSR count). The van der Waals surface area contributed by atoms with E-state index in [4.69, 9.17) is 10.9 Å². The van der Waals surface area contributed by atoms with Gasteiger partial charge in [-0.05, 0) is 47.2 Å². The SMILES string of the molecule is CCCC(NC(=O)c1ccc(F)cc1I)/C(N)=N/O. The van der Waals surface area contributed by atoms with E-state index >= 15 is 0 Å². The fourth-order valence-electron chi connectivity index (χ4n) is 1.56. The van der Waals surface area contributed by atoms with Gasteiger partial charge in [-0.15, -0.1) is 0 Å². The molecule has 0 spiro atoms. The molecule has 1 unspecified atom stereocenters. The summed E-state index contributed by atoms with van der Waals surface area (Å²) in [4.78, 5) is 12.1. The second-order valence-corrected chi connectivity index (χ2v) is 5.13. The number of halogens is 2. The minimum atomic E-state index is -0.539. The van der Waals surface area contributed by atoms with Crippen LogP contribution in [0.4, 0.5) is 4.39 Å². The minimum absolute atomic E-state index is 0.0488. The molecule has 1 atom stereocenters. The van der Waals surface area contributed by atoms with Crippen molar-refractivity contribution in [3.05, 3.63) is 33.1 Å². The van der Waals surface area contributed by atoms with Gasteiger partial charge in [0.2, 0.25) is 0 Å². The van der Waals surface area contributed by atoms with Crippen LogP contribution in [0.1, 0.15) is 30.1 Å². The first-order valence-corrected chi connectivity index (χ1v) is 6.80. The predicted octanol–water partition coefficient (Wildman–Crippen LogP) is 2.08. The fourth-order valence-corrected chi connectivity index (χ4v) is 2.28. The second-order valence-electron chi connectivity index (χ2n) is 3.96. The Morgan fingerprint density at radius 1 is 1.63 bits per heavy atom. The third-order valence-corrected chi connectivity index (χ3v) is 3.42. The lowest BCUT2D eigenvalue weighted by molar-refractivity contribution is 0.0944. The smallest absolute Gasteiger partial charge is 0.252 e. The van der Waals surface area contributed by atoms with Crippen LogP contribution in [0.5, 0.6) is 0 Å². The molecule has 4 N–H and O–H groups in total. The molecule has 0 bridgehead atoms. The van der Waals surface area contributed by atoms with Gasteiger partial charge in [0.05, 0.1) is 11.6 Å². The average molecular weight is 379 g/mol. The summed E-state index contributed by atoms with van der Waals surface area (Å²) in [6.07, 6.45) is 1.32. The number of nitrogens with two attached hydrogens (primary N) is 1. The molecule has 5 nitrogen and oxygen atoms in total. The van der Waals surface area contributed by atoms with E-state index in [0.717, 1.165) is 6.42 Å². The zero-order chi connectivity index (χ0) is 14.4. The van der Waals surface area contributed by atoms with Crippen LogP contribution in [-0.2, 0) is 0 Å². The van der Waals surface area contributed by atoms with E-state index < -0.39 is 11.9 Å². The van der Waals surface area contributed by atoms with Gasteiger partial charge in [-0.25, -0.2) is 4.39 Å². The molecule has 1 amide bonds. The van der Waals surface area contributed by atoms with Gasteiger partial charge in [-0.2, -0.15) is 0 Å². The van der Waals surface area contributed by atoms with E-state index in [-0.39, 0.29) is 11.7 Å². The molecule has 1 aromatic rings. The van der Waals surface area contributed by atoms with Crippen LogP contribution in [0, 0.1) is 9.39 Å². The van der Waals surface area contributed by atoms with Crippen molar-refractivity contribution in [2.45, 2.75) is 25.8 Å². The van der Waals surface area contributed by atoms with Crippen molar-refractivity contribution in [2.75, 3.05) is 0 Å². The van der Waals surface area contributed by atoms with E-state index in [9.17, 15) is 9.18 Å². The summed E-state index contributed by atoms with van der Waals surface area (Å²) < 4.78 is 13.5. The third kappa shape index (κ3) is 4.34. The van der Waals surface area contributed by atoms with Crippen LogP contribution in [0.3, 0.4) is 0 Å². The zero-order valence-corrected chi connectivity index (χ0v) is 12.5. The van der Waals surface area contributed by atoms with Crippen molar-refractivity contribution in [3.63, 3.8) is 0 Å². The van der Waals surface area contributed by atoms with Crippen LogP contribution in [0.2, 0.25) is 0 Å². The van der Waals surface area contributed by atoms with Crippen molar-refractivity contribution in [3.8, 4) is 0 Å². The average Bonchev–Trinajstić information content (AvgIpc) is 2.37. The lowest BCUT2D eigenvalue weighted by atomic mass is 10.1. The molecule has 0 aromatic heterocycles. The molecule has 104 valence electrons. The van der Waals surface area contributed by atoms with E-state index in [1.54, 1.807) is 0 Å². The van der Waals surface area contributed by atoms with Crippen LogP contribution < -0.4 is 11.1 Å². The topological polar surface area (TPSA) is 87.7 Å². The molecule has 0 aliphatic heterocycles. The number of nitrogens with zero attached hydrogens (tertiary/aromatic N) is 1. The number of hydrogen-bond acceptors (Lipinski definition) is 3. The normalized spacial score (nSPS) is 13.1. The highest BCUT2D eigenvalue weighted by Gasteiger charge is 2.18. The van der Waals surface area contributed by atoms with Gasteiger partial charge in [0.1, 0.15) is 5.82 Å². The third-order valence-electron chi connectivity index (χ3n) is 2.53. The molecule has 19 heavy (non-hydrogen) atoms. The number of amides is 1. The molecule has 0 aliphatic rings. The molecule has 0 saturated heterocycles. The number of amidine groups is 1. The maximum Gasteiger partial charge on any atom is 0.252 e. The Labute approximate surface area is 124 Å². The number of hydrogen-bond donors (Lipinski definition) is 3. The maximum atomic E-state index is 13.0. The van der Waals surface area contributed by atoms with Gasteiger partial charge >= 0.3 is 0 Å². The molecule has 0 fully saturated rings. The number of oxime groups is 1. The standard InChI is InChI=1S/C12H15FIN3O2/c1-2-3-10(11(15)17-19)16-12(18)8-5-4-7(13)6-9(8)14/h4-6,10,19H,2-3H2,1H3,(H2,15,17)(H,16,18). The van der Waals surface area contributed by atoms with Gasteiger partial charge < -0.3 is 16.3 Å². The van der Waals surface area contributed by atoms with Crippen LogP contribution in [0.15, 0.2) is 23.4 Å². The molecule has 7 heteroatoms. The highest BCUT2D eigenvalue weighted by Crippen LogP contribution is 2.14. The summed E-state index contributed by atoms with van der Waals surface area (Å²) in [5.74, 6) is -0.829. The molecule has 0 saturated carbocycles. The number of carbonyl (C=O) groups excluding carboxylic acids is 1. The Bertz CT molecular complexity index is 494. The summed E-state index contributed by atoms with van der Waals surface area (Å²) in [5.41, 5.74) is 5.87. The summed E-state index contributed by atoms with van der Waals surface area (Å²) in [6.45, 7) is 1.92.